The quantitative estimate of drug-likeness (QED) is 0.0895. The van der Waals surface area contributed by atoms with Crippen LogP contribution in [-0.4, -0.2) is 19.9 Å². The summed E-state index contributed by atoms with van der Waals surface area (Å²) < 4.78 is 0. The van der Waals surface area contributed by atoms with E-state index in [0.29, 0.717) is 35.2 Å². The van der Waals surface area contributed by atoms with Crippen LogP contribution in [0.1, 0.15) is 101 Å². The second kappa shape index (κ2) is 16.6. The number of fused-ring (bicyclic) bond motifs is 7. The summed E-state index contributed by atoms with van der Waals surface area (Å²) in [6.07, 6.45) is 6.91. The molecule has 0 saturated heterocycles. The van der Waals surface area contributed by atoms with Crippen LogP contribution in [0.2, 0.25) is 0 Å². The maximum absolute atomic E-state index is 4.90. The number of benzene rings is 5. The summed E-state index contributed by atoms with van der Waals surface area (Å²) in [4.78, 5) is 27.5. The van der Waals surface area contributed by atoms with Gasteiger partial charge in [0.25, 0.3) is 0 Å². The van der Waals surface area contributed by atoms with Gasteiger partial charge in [0.15, 0.2) is 0 Å². The largest absolute Gasteiger partial charge is 0.471 e. The molecule has 0 amide bonds. The minimum Gasteiger partial charge on any atom is -0.471 e. The number of rotatable bonds is 7. The first-order chi connectivity index (χ1) is 27.1. The molecule has 8 aromatic rings. The molecular weight excluding hydrogens is 884 g/mol. The molecular formula is C49H49AuN7-2. The van der Waals surface area contributed by atoms with Gasteiger partial charge in [-0.15, -0.1) is 6.67 Å². The van der Waals surface area contributed by atoms with Crippen molar-refractivity contribution < 1.29 is 22.4 Å². The predicted molar refractivity (Wildman–Crippen MR) is 233 cm³/mol. The van der Waals surface area contributed by atoms with Gasteiger partial charge in [0, 0.05) is 52.3 Å². The number of nitrogens with zero attached hydrogens (tertiary/aromatic N) is 7. The molecule has 0 spiro atoms. The zero-order valence-corrected chi connectivity index (χ0v) is 36.0. The Morgan fingerprint density at radius 1 is 0.526 bits per heavy atom. The zero-order valence-electron chi connectivity index (χ0n) is 33.9. The summed E-state index contributed by atoms with van der Waals surface area (Å²) in [5.41, 5.74) is 11.7. The Bertz CT molecular complexity index is 2450. The molecule has 0 bridgehead atoms. The van der Waals surface area contributed by atoms with Crippen LogP contribution in [0.4, 0.5) is 22.9 Å². The first kappa shape index (κ1) is 39.9. The maximum Gasteiger partial charge on any atom is 0.126 e. The summed E-state index contributed by atoms with van der Waals surface area (Å²) in [6.45, 7) is 20.5. The molecule has 7 nitrogen and oxygen atoms in total. The van der Waals surface area contributed by atoms with Crippen LogP contribution in [0, 0.1) is 6.67 Å². The Kier molecular flexibility index (Phi) is 11.6. The van der Waals surface area contributed by atoms with Crippen molar-refractivity contribution in [2.45, 2.75) is 79.1 Å². The van der Waals surface area contributed by atoms with E-state index in [1.807, 2.05) is 24.4 Å². The molecule has 0 N–H and O–H groups in total. The van der Waals surface area contributed by atoms with Crippen molar-refractivity contribution in [3.05, 3.63) is 151 Å². The molecule has 1 aliphatic rings. The SMILES string of the molecule is CC(C)c1cccc(C(C)C)c1N1[CH-]N(c2c(C(C)C)cccc2C(C)C)c2ncccc21.[Au].c1ccc2c(c1)c1ccccc1c1[n-]c(-c3cnccn3)nc21. The second-order valence-electron chi connectivity index (χ2n) is 15.8. The van der Waals surface area contributed by atoms with Crippen molar-refractivity contribution in [3.63, 3.8) is 0 Å². The average Bonchev–Trinajstić information content (AvgIpc) is 3.84. The number of pyridine rings is 1. The average molecular weight is 933 g/mol. The number of anilines is 4. The normalized spacial score (nSPS) is 12.6. The van der Waals surface area contributed by atoms with E-state index >= 15 is 0 Å². The van der Waals surface area contributed by atoms with Crippen LogP contribution in [0.3, 0.4) is 0 Å². The third-order valence-electron chi connectivity index (χ3n) is 10.8. The van der Waals surface area contributed by atoms with Gasteiger partial charge in [-0.25, -0.2) is 4.98 Å². The molecule has 0 aliphatic carbocycles. The first-order valence-electron chi connectivity index (χ1n) is 19.8. The van der Waals surface area contributed by atoms with Gasteiger partial charge in [-0.1, -0.05) is 140 Å². The Hall–Kier alpha value is -5.34. The van der Waals surface area contributed by atoms with Crippen molar-refractivity contribution in [1.82, 2.24) is 24.9 Å². The summed E-state index contributed by atoms with van der Waals surface area (Å²) in [5.74, 6) is 3.31. The summed E-state index contributed by atoms with van der Waals surface area (Å²) >= 11 is 0. The van der Waals surface area contributed by atoms with E-state index in [0.717, 1.165) is 33.3 Å². The molecule has 0 fully saturated rings. The van der Waals surface area contributed by atoms with Crippen molar-refractivity contribution in [3.8, 4) is 11.5 Å². The number of imidazole rings is 1. The van der Waals surface area contributed by atoms with Gasteiger partial charge >= 0.3 is 0 Å². The number of para-hydroxylation sites is 2. The Balaban J connectivity index is 0.000000181. The molecule has 4 heterocycles. The fraction of sp³-hybridized carbons (Fsp3) is 0.245. The zero-order chi connectivity index (χ0) is 39.1. The molecule has 1 radical (unpaired) electrons. The van der Waals surface area contributed by atoms with Gasteiger partial charge in [-0.3, -0.25) is 9.97 Å². The van der Waals surface area contributed by atoms with E-state index in [4.69, 9.17) is 15.0 Å². The third kappa shape index (κ3) is 7.36. The monoisotopic (exact) mass is 932 g/mol. The van der Waals surface area contributed by atoms with Gasteiger partial charge in [0.1, 0.15) is 5.82 Å². The fourth-order valence-corrected chi connectivity index (χ4v) is 8.01. The van der Waals surface area contributed by atoms with E-state index in [1.165, 1.54) is 44.4 Å². The summed E-state index contributed by atoms with van der Waals surface area (Å²) in [5, 5.41) is 4.62. The maximum atomic E-state index is 4.90. The summed E-state index contributed by atoms with van der Waals surface area (Å²) in [7, 11) is 0. The minimum absolute atomic E-state index is 0. The smallest absolute Gasteiger partial charge is 0.126 e. The van der Waals surface area contributed by atoms with Crippen LogP contribution in [0.5, 0.6) is 0 Å². The predicted octanol–water partition coefficient (Wildman–Crippen LogP) is 12.9. The number of hydrogen-bond acceptors (Lipinski definition) is 6. The molecule has 9 rings (SSSR count). The molecule has 8 heteroatoms. The molecule has 0 atom stereocenters. The molecule has 0 saturated carbocycles. The van der Waals surface area contributed by atoms with Crippen molar-refractivity contribution in [1.29, 1.82) is 0 Å². The molecule has 5 aromatic carbocycles. The van der Waals surface area contributed by atoms with E-state index in [9.17, 15) is 0 Å². The van der Waals surface area contributed by atoms with Crippen molar-refractivity contribution in [2.24, 2.45) is 0 Å². The van der Waals surface area contributed by atoms with Crippen LogP contribution in [-0.2, 0) is 22.4 Å². The first-order valence-corrected chi connectivity index (χ1v) is 19.8. The van der Waals surface area contributed by atoms with Crippen molar-refractivity contribution >= 4 is 55.5 Å². The molecule has 293 valence electrons. The molecule has 57 heavy (non-hydrogen) atoms. The fourth-order valence-electron chi connectivity index (χ4n) is 8.01. The van der Waals surface area contributed by atoms with Crippen LogP contribution >= 0.6 is 0 Å². The van der Waals surface area contributed by atoms with Crippen LogP contribution in [0.25, 0.3) is 44.1 Å². The van der Waals surface area contributed by atoms with Gasteiger partial charge in [0.2, 0.25) is 0 Å². The van der Waals surface area contributed by atoms with Gasteiger partial charge in [0.05, 0.1) is 17.6 Å². The second-order valence-corrected chi connectivity index (χ2v) is 15.8. The Morgan fingerprint density at radius 2 is 1.05 bits per heavy atom. The van der Waals surface area contributed by atoms with Crippen molar-refractivity contribution in [2.75, 3.05) is 9.80 Å². The van der Waals surface area contributed by atoms with Gasteiger partial charge < -0.3 is 19.8 Å². The van der Waals surface area contributed by atoms with E-state index < -0.39 is 0 Å². The van der Waals surface area contributed by atoms with Gasteiger partial charge in [-0.2, -0.15) is 0 Å². The van der Waals surface area contributed by atoms with E-state index in [1.54, 1.807) is 18.6 Å². The number of hydrogen-bond donors (Lipinski definition) is 0. The molecule has 3 aromatic heterocycles. The van der Waals surface area contributed by atoms with E-state index in [2.05, 4.69) is 161 Å². The van der Waals surface area contributed by atoms with Crippen LogP contribution in [0.15, 0.2) is 122 Å². The van der Waals surface area contributed by atoms with Gasteiger partial charge in [-0.05, 0) is 96.5 Å². The van der Waals surface area contributed by atoms with E-state index in [-0.39, 0.29) is 22.4 Å². The Labute approximate surface area is 352 Å². The molecule has 1 aliphatic heterocycles. The number of aromatic nitrogens is 5. The topological polar surface area (TPSA) is 72.1 Å². The molecule has 0 unspecified atom stereocenters. The standard InChI is InChI=1S/C30H38N3.C19H11N4.Au/c1-19(2)23-12-9-13-24(20(3)4)28(23)32-18-33(30-27(32)16-11-17-31-30)29-25(21(5)6)14-10-15-26(29)22(7)8;1-3-7-14-12(5-1)13-6-2-4-8-15(13)18-17(14)22-19(23-18)16-11-20-9-10-21-16;/h9-22H,1-8H3;1-11H;/q2*-1;. The third-order valence-corrected chi connectivity index (χ3v) is 10.8. The Morgan fingerprint density at radius 3 is 1.60 bits per heavy atom. The minimum atomic E-state index is 0. The van der Waals surface area contributed by atoms with Crippen LogP contribution < -0.4 is 14.8 Å². The summed E-state index contributed by atoms with van der Waals surface area (Å²) in [6, 6.07) is 34.4.